The van der Waals surface area contributed by atoms with Gasteiger partial charge in [-0.1, -0.05) is 0 Å². The summed E-state index contributed by atoms with van der Waals surface area (Å²) in [6, 6.07) is 0.0991. The molecule has 94 valence electrons. The van der Waals surface area contributed by atoms with E-state index in [1.165, 1.54) is 0 Å². The summed E-state index contributed by atoms with van der Waals surface area (Å²) in [4.78, 5) is 11.5. The summed E-state index contributed by atoms with van der Waals surface area (Å²) in [7, 11) is 0. The Kier molecular flexibility index (Phi) is 4.74. The number of carbonyl (C=O) groups excluding carboxylic acids is 1. The highest BCUT2D eigenvalue weighted by Gasteiger charge is 2.30. The first-order valence-electron chi connectivity index (χ1n) is 6.01. The van der Waals surface area contributed by atoms with Crippen molar-refractivity contribution < 1.29 is 14.3 Å². The van der Waals surface area contributed by atoms with Gasteiger partial charge in [0, 0.05) is 12.6 Å². The standard InChI is InChI=1S/C12H23NO3/c1-5-15-11(14)9(2)13-10-6-7-16-12(3,4)8-10/h9-10,13H,5-8H2,1-4H3. The van der Waals surface area contributed by atoms with Crippen LogP contribution in [0.5, 0.6) is 0 Å². The minimum Gasteiger partial charge on any atom is -0.465 e. The monoisotopic (exact) mass is 229 g/mol. The van der Waals surface area contributed by atoms with Crippen LogP contribution in [0.25, 0.3) is 0 Å². The molecular formula is C12H23NO3. The quantitative estimate of drug-likeness (QED) is 0.742. The van der Waals surface area contributed by atoms with Crippen LogP contribution in [-0.4, -0.2) is 36.9 Å². The van der Waals surface area contributed by atoms with Crippen LogP contribution in [0, 0.1) is 0 Å². The third-order valence-electron chi connectivity index (χ3n) is 2.82. The molecule has 0 bridgehead atoms. The maximum Gasteiger partial charge on any atom is 0.322 e. The van der Waals surface area contributed by atoms with Gasteiger partial charge in [-0.3, -0.25) is 4.79 Å². The van der Waals surface area contributed by atoms with E-state index in [1.54, 1.807) is 0 Å². The molecule has 0 spiro atoms. The lowest BCUT2D eigenvalue weighted by molar-refractivity contribution is -0.146. The second-order valence-corrected chi connectivity index (χ2v) is 4.94. The lowest BCUT2D eigenvalue weighted by atomic mass is 9.93. The van der Waals surface area contributed by atoms with E-state index in [9.17, 15) is 4.79 Å². The predicted molar refractivity (Wildman–Crippen MR) is 62.3 cm³/mol. The van der Waals surface area contributed by atoms with Crippen molar-refractivity contribution in [2.45, 2.75) is 58.2 Å². The smallest absolute Gasteiger partial charge is 0.322 e. The molecule has 1 saturated heterocycles. The molecule has 16 heavy (non-hydrogen) atoms. The van der Waals surface area contributed by atoms with Gasteiger partial charge >= 0.3 is 5.97 Å². The van der Waals surface area contributed by atoms with Gasteiger partial charge in [-0.15, -0.1) is 0 Å². The van der Waals surface area contributed by atoms with Crippen LogP contribution < -0.4 is 5.32 Å². The minimum atomic E-state index is -0.237. The second-order valence-electron chi connectivity index (χ2n) is 4.94. The first-order chi connectivity index (χ1) is 7.44. The van der Waals surface area contributed by atoms with Gasteiger partial charge in [-0.25, -0.2) is 0 Å². The molecule has 0 aromatic rings. The summed E-state index contributed by atoms with van der Waals surface area (Å²) >= 11 is 0. The van der Waals surface area contributed by atoms with Crippen molar-refractivity contribution in [3.05, 3.63) is 0 Å². The van der Waals surface area contributed by atoms with E-state index in [1.807, 2.05) is 13.8 Å². The van der Waals surface area contributed by atoms with Gasteiger partial charge in [0.25, 0.3) is 0 Å². The Morgan fingerprint density at radius 3 is 2.88 bits per heavy atom. The van der Waals surface area contributed by atoms with Crippen LogP contribution in [0.1, 0.15) is 40.5 Å². The van der Waals surface area contributed by atoms with Gasteiger partial charge in [0.05, 0.1) is 12.2 Å². The Bertz CT molecular complexity index is 240. The summed E-state index contributed by atoms with van der Waals surface area (Å²) < 4.78 is 10.6. The number of hydrogen-bond acceptors (Lipinski definition) is 4. The van der Waals surface area contributed by atoms with Gasteiger partial charge < -0.3 is 14.8 Å². The second kappa shape index (κ2) is 5.64. The summed E-state index contributed by atoms with van der Waals surface area (Å²) in [6.45, 7) is 9.01. The molecule has 4 nitrogen and oxygen atoms in total. The van der Waals surface area contributed by atoms with Crippen molar-refractivity contribution in [3.8, 4) is 0 Å². The predicted octanol–water partition coefficient (Wildman–Crippen LogP) is 1.49. The average molecular weight is 229 g/mol. The van der Waals surface area contributed by atoms with Crippen molar-refractivity contribution in [3.63, 3.8) is 0 Å². The maximum absolute atomic E-state index is 11.5. The van der Waals surface area contributed by atoms with E-state index in [2.05, 4.69) is 19.2 Å². The van der Waals surface area contributed by atoms with Gasteiger partial charge in [-0.05, 0) is 40.5 Å². The zero-order valence-corrected chi connectivity index (χ0v) is 10.7. The van der Waals surface area contributed by atoms with Crippen LogP contribution in [0.2, 0.25) is 0 Å². The molecule has 4 heteroatoms. The third kappa shape index (κ3) is 4.10. The normalized spacial score (nSPS) is 26.1. The van der Waals surface area contributed by atoms with Gasteiger partial charge in [0.2, 0.25) is 0 Å². The minimum absolute atomic E-state index is 0.0930. The van der Waals surface area contributed by atoms with E-state index >= 15 is 0 Å². The molecule has 0 radical (unpaired) electrons. The van der Waals surface area contributed by atoms with Crippen LogP contribution in [0.15, 0.2) is 0 Å². The summed E-state index contributed by atoms with van der Waals surface area (Å²) in [6.07, 6.45) is 1.88. The highest BCUT2D eigenvalue weighted by molar-refractivity contribution is 5.75. The SMILES string of the molecule is CCOC(=O)C(C)NC1CCOC(C)(C)C1. The molecule has 1 heterocycles. The summed E-state index contributed by atoms with van der Waals surface area (Å²) in [5, 5.41) is 3.30. The zero-order valence-electron chi connectivity index (χ0n) is 10.7. The van der Waals surface area contributed by atoms with Crippen LogP contribution in [0.3, 0.4) is 0 Å². The molecule has 1 aliphatic rings. The van der Waals surface area contributed by atoms with Crippen LogP contribution in [0.4, 0.5) is 0 Å². The Morgan fingerprint density at radius 2 is 2.31 bits per heavy atom. The number of rotatable bonds is 4. The first-order valence-corrected chi connectivity index (χ1v) is 6.01. The molecule has 1 rings (SSSR count). The largest absolute Gasteiger partial charge is 0.465 e. The van der Waals surface area contributed by atoms with Crippen molar-refractivity contribution in [1.82, 2.24) is 5.32 Å². The molecule has 1 fully saturated rings. The fourth-order valence-corrected chi connectivity index (χ4v) is 2.06. The van der Waals surface area contributed by atoms with Crippen molar-refractivity contribution >= 4 is 5.97 Å². The van der Waals surface area contributed by atoms with Crippen molar-refractivity contribution in [1.29, 1.82) is 0 Å². The molecular weight excluding hydrogens is 206 g/mol. The van der Waals surface area contributed by atoms with Crippen LogP contribution in [-0.2, 0) is 14.3 Å². The Balaban J connectivity index is 2.39. The Labute approximate surface area is 97.7 Å². The molecule has 1 N–H and O–H groups in total. The zero-order chi connectivity index (χ0) is 12.2. The molecule has 0 amide bonds. The fraction of sp³-hybridized carbons (Fsp3) is 0.917. The highest BCUT2D eigenvalue weighted by Crippen LogP contribution is 2.24. The maximum atomic E-state index is 11.5. The topological polar surface area (TPSA) is 47.6 Å². The lowest BCUT2D eigenvalue weighted by Crippen LogP contribution is -2.49. The third-order valence-corrected chi connectivity index (χ3v) is 2.82. The first kappa shape index (κ1) is 13.5. The van der Waals surface area contributed by atoms with Gasteiger partial charge in [-0.2, -0.15) is 0 Å². The summed E-state index contributed by atoms with van der Waals surface area (Å²) in [5.74, 6) is -0.174. The van der Waals surface area contributed by atoms with Crippen molar-refractivity contribution in [2.75, 3.05) is 13.2 Å². The molecule has 0 aromatic heterocycles. The van der Waals surface area contributed by atoms with E-state index in [-0.39, 0.29) is 17.6 Å². The van der Waals surface area contributed by atoms with E-state index in [0.29, 0.717) is 12.6 Å². The number of ether oxygens (including phenoxy) is 2. The molecule has 2 unspecified atom stereocenters. The Morgan fingerprint density at radius 1 is 1.62 bits per heavy atom. The van der Waals surface area contributed by atoms with Crippen molar-refractivity contribution in [2.24, 2.45) is 0 Å². The molecule has 0 aromatic carbocycles. The fourth-order valence-electron chi connectivity index (χ4n) is 2.06. The molecule has 2 atom stereocenters. The van der Waals surface area contributed by atoms with E-state index in [4.69, 9.17) is 9.47 Å². The highest BCUT2D eigenvalue weighted by atomic mass is 16.5. The average Bonchev–Trinajstić information content (AvgIpc) is 2.16. The van der Waals surface area contributed by atoms with E-state index in [0.717, 1.165) is 19.4 Å². The van der Waals surface area contributed by atoms with Gasteiger partial charge in [0.1, 0.15) is 6.04 Å². The summed E-state index contributed by atoms with van der Waals surface area (Å²) in [5.41, 5.74) is -0.0930. The number of carbonyl (C=O) groups is 1. The molecule has 0 aliphatic carbocycles. The number of esters is 1. The lowest BCUT2D eigenvalue weighted by Gasteiger charge is -2.36. The molecule has 1 aliphatic heterocycles. The van der Waals surface area contributed by atoms with Gasteiger partial charge in [0.15, 0.2) is 0 Å². The number of nitrogens with one attached hydrogen (secondary N) is 1. The van der Waals surface area contributed by atoms with E-state index < -0.39 is 0 Å². The Hall–Kier alpha value is -0.610. The number of hydrogen-bond donors (Lipinski definition) is 1. The van der Waals surface area contributed by atoms with Crippen LogP contribution >= 0.6 is 0 Å². The molecule has 0 saturated carbocycles.